The summed E-state index contributed by atoms with van der Waals surface area (Å²) in [6, 6.07) is 15.1. The largest absolute Gasteiger partial charge is 0.494 e. The van der Waals surface area contributed by atoms with Crippen LogP contribution in [0.25, 0.3) is 17.1 Å². The Morgan fingerprint density at radius 3 is 2.74 bits per heavy atom. The van der Waals surface area contributed by atoms with Crippen molar-refractivity contribution in [3.05, 3.63) is 72.9 Å². The van der Waals surface area contributed by atoms with Crippen LogP contribution in [0, 0.1) is 0 Å². The summed E-state index contributed by atoms with van der Waals surface area (Å²) in [6.07, 6.45) is 5.02. The Morgan fingerprint density at radius 1 is 1.16 bits per heavy atom. The molecule has 0 saturated carbocycles. The van der Waals surface area contributed by atoms with Crippen molar-refractivity contribution < 1.29 is 13.9 Å². The molecule has 0 aliphatic rings. The molecule has 0 atom stereocenters. The summed E-state index contributed by atoms with van der Waals surface area (Å²) in [6.45, 7) is 2.89. The first-order chi connectivity index (χ1) is 15.2. The maximum absolute atomic E-state index is 12.3. The van der Waals surface area contributed by atoms with Crippen LogP contribution in [-0.4, -0.2) is 38.0 Å². The van der Waals surface area contributed by atoms with Crippen LogP contribution in [0.3, 0.4) is 0 Å². The molecule has 0 spiro atoms. The summed E-state index contributed by atoms with van der Waals surface area (Å²) in [7, 11) is 0. The minimum Gasteiger partial charge on any atom is -0.494 e. The number of carbonyl (C=O) groups is 1. The van der Waals surface area contributed by atoms with Crippen LogP contribution in [-0.2, 0) is 11.3 Å². The lowest BCUT2D eigenvalue weighted by molar-refractivity contribution is -0.118. The fourth-order valence-electron chi connectivity index (χ4n) is 2.92. The first-order valence-corrected chi connectivity index (χ1v) is 10.7. The Morgan fingerprint density at radius 2 is 2.03 bits per heavy atom. The van der Waals surface area contributed by atoms with E-state index in [4.69, 9.17) is 9.15 Å². The van der Waals surface area contributed by atoms with Crippen molar-refractivity contribution in [3.8, 4) is 22.8 Å². The van der Waals surface area contributed by atoms with Crippen molar-refractivity contribution >= 4 is 17.7 Å². The molecule has 1 aromatic carbocycles. The molecule has 31 heavy (non-hydrogen) atoms. The number of rotatable bonds is 9. The number of hydrogen-bond acceptors (Lipinski definition) is 7. The highest BCUT2D eigenvalue weighted by Gasteiger charge is 2.17. The fourth-order valence-corrected chi connectivity index (χ4v) is 3.70. The monoisotopic (exact) mass is 435 g/mol. The molecule has 8 nitrogen and oxygen atoms in total. The van der Waals surface area contributed by atoms with Gasteiger partial charge in [0.1, 0.15) is 11.5 Å². The van der Waals surface area contributed by atoms with Crippen molar-refractivity contribution in [1.82, 2.24) is 25.1 Å². The van der Waals surface area contributed by atoms with Gasteiger partial charge in [0.2, 0.25) is 5.91 Å². The van der Waals surface area contributed by atoms with Gasteiger partial charge in [-0.05, 0) is 55.5 Å². The molecule has 1 amide bonds. The van der Waals surface area contributed by atoms with Gasteiger partial charge in [0.05, 0.1) is 25.2 Å². The summed E-state index contributed by atoms with van der Waals surface area (Å²) in [5, 5.41) is 12.1. The number of ether oxygens (including phenoxy) is 1. The first kappa shape index (κ1) is 20.7. The van der Waals surface area contributed by atoms with Gasteiger partial charge < -0.3 is 14.5 Å². The van der Waals surface area contributed by atoms with E-state index >= 15 is 0 Å². The molecule has 9 heteroatoms. The number of pyridine rings is 1. The molecule has 0 saturated heterocycles. The van der Waals surface area contributed by atoms with E-state index in [0.717, 1.165) is 17.0 Å². The number of hydrogen-bond donors (Lipinski definition) is 1. The van der Waals surface area contributed by atoms with Crippen LogP contribution in [0.5, 0.6) is 5.75 Å². The van der Waals surface area contributed by atoms with Gasteiger partial charge in [-0.3, -0.25) is 14.3 Å². The van der Waals surface area contributed by atoms with Crippen molar-refractivity contribution in [3.63, 3.8) is 0 Å². The Kier molecular flexibility index (Phi) is 6.63. The molecular weight excluding hydrogens is 414 g/mol. The van der Waals surface area contributed by atoms with E-state index in [2.05, 4.69) is 20.5 Å². The van der Waals surface area contributed by atoms with Gasteiger partial charge >= 0.3 is 0 Å². The predicted molar refractivity (Wildman–Crippen MR) is 117 cm³/mol. The Bertz CT molecular complexity index is 1110. The van der Waals surface area contributed by atoms with Gasteiger partial charge in [-0.25, -0.2) is 0 Å². The summed E-state index contributed by atoms with van der Waals surface area (Å²) < 4.78 is 12.7. The molecule has 3 heterocycles. The van der Waals surface area contributed by atoms with Gasteiger partial charge in [0.15, 0.2) is 11.0 Å². The van der Waals surface area contributed by atoms with E-state index in [1.54, 1.807) is 24.7 Å². The highest BCUT2D eigenvalue weighted by molar-refractivity contribution is 7.99. The van der Waals surface area contributed by atoms with Gasteiger partial charge in [-0.2, -0.15) is 0 Å². The van der Waals surface area contributed by atoms with Crippen LogP contribution >= 0.6 is 11.8 Å². The van der Waals surface area contributed by atoms with Crippen molar-refractivity contribution in [2.24, 2.45) is 0 Å². The Hall–Kier alpha value is -3.59. The SMILES string of the molecule is CCOc1ccc(-n2c(SCC(=O)NCc3ccco3)nnc2-c2cccnc2)cc1. The second kappa shape index (κ2) is 9.94. The van der Waals surface area contributed by atoms with Crippen LogP contribution < -0.4 is 10.1 Å². The average Bonchev–Trinajstić information content (AvgIpc) is 3.48. The molecule has 1 N–H and O–H groups in total. The van der Waals surface area contributed by atoms with Crippen LogP contribution in [0.15, 0.2) is 76.8 Å². The smallest absolute Gasteiger partial charge is 0.230 e. The third-order valence-corrected chi connectivity index (χ3v) is 5.26. The fraction of sp³-hybridized carbons (Fsp3) is 0.182. The average molecular weight is 436 g/mol. The summed E-state index contributed by atoms with van der Waals surface area (Å²) >= 11 is 1.31. The number of nitrogens with zero attached hydrogens (tertiary/aromatic N) is 4. The van der Waals surface area contributed by atoms with Crippen LogP contribution in [0.2, 0.25) is 0 Å². The minimum absolute atomic E-state index is 0.120. The molecule has 0 radical (unpaired) electrons. The summed E-state index contributed by atoms with van der Waals surface area (Å²) in [4.78, 5) is 16.5. The van der Waals surface area contributed by atoms with E-state index < -0.39 is 0 Å². The van der Waals surface area contributed by atoms with E-state index in [1.165, 1.54) is 11.8 Å². The summed E-state index contributed by atoms with van der Waals surface area (Å²) in [5.74, 6) is 2.22. The normalized spacial score (nSPS) is 10.7. The Balaban J connectivity index is 1.55. The minimum atomic E-state index is -0.120. The molecule has 0 bridgehead atoms. The van der Waals surface area contributed by atoms with E-state index in [1.807, 2.05) is 54.0 Å². The van der Waals surface area contributed by atoms with Gasteiger partial charge in [0, 0.05) is 23.6 Å². The van der Waals surface area contributed by atoms with Crippen molar-refractivity contribution in [2.75, 3.05) is 12.4 Å². The number of thioether (sulfide) groups is 1. The van der Waals surface area contributed by atoms with Gasteiger partial charge in [-0.1, -0.05) is 11.8 Å². The molecule has 4 rings (SSSR count). The lowest BCUT2D eigenvalue weighted by atomic mass is 10.2. The van der Waals surface area contributed by atoms with Crippen LogP contribution in [0.1, 0.15) is 12.7 Å². The number of benzene rings is 1. The first-order valence-electron chi connectivity index (χ1n) is 9.75. The molecule has 0 unspecified atom stereocenters. The summed E-state index contributed by atoms with van der Waals surface area (Å²) in [5.41, 5.74) is 1.70. The molecule has 4 aromatic rings. The second-order valence-electron chi connectivity index (χ2n) is 6.45. The standard InChI is InChI=1S/C22H21N5O3S/c1-2-29-18-9-7-17(8-10-18)27-21(16-5-3-11-23-13-16)25-26-22(27)31-15-20(28)24-14-19-6-4-12-30-19/h3-13H,2,14-15H2,1H3,(H,24,28). The highest BCUT2D eigenvalue weighted by atomic mass is 32.2. The zero-order valence-electron chi connectivity index (χ0n) is 16.9. The third kappa shape index (κ3) is 5.13. The lowest BCUT2D eigenvalue weighted by Crippen LogP contribution is -2.24. The lowest BCUT2D eigenvalue weighted by Gasteiger charge is -2.11. The van der Waals surface area contributed by atoms with Gasteiger partial charge in [-0.15, -0.1) is 10.2 Å². The van der Waals surface area contributed by atoms with Crippen molar-refractivity contribution in [2.45, 2.75) is 18.6 Å². The molecular formula is C22H21N5O3S. The van der Waals surface area contributed by atoms with Crippen LogP contribution in [0.4, 0.5) is 0 Å². The number of amides is 1. The molecule has 0 aliphatic carbocycles. The maximum Gasteiger partial charge on any atom is 0.230 e. The zero-order chi connectivity index (χ0) is 21.5. The number of nitrogens with one attached hydrogen (secondary N) is 1. The number of furan rings is 1. The Labute approximate surface area is 183 Å². The maximum atomic E-state index is 12.3. The molecule has 0 fully saturated rings. The molecule has 3 aromatic heterocycles. The van der Waals surface area contributed by atoms with E-state index in [-0.39, 0.29) is 11.7 Å². The molecule has 0 aliphatic heterocycles. The third-order valence-electron chi connectivity index (χ3n) is 4.33. The van der Waals surface area contributed by atoms with Crippen molar-refractivity contribution in [1.29, 1.82) is 0 Å². The molecule has 158 valence electrons. The van der Waals surface area contributed by atoms with E-state index in [0.29, 0.717) is 29.9 Å². The number of aromatic nitrogens is 4. The zero-order valence-corrected chi connectivity index (χ0v) is 17.7. The number of carbonyl (C=O) groups excluding carboxylic acids is 1. The second-order valence-corrected chi connectivity index (χ2v) is 7.40. The topological polar surface area (TPSA) is 95.1 Å². The predicted octanol–water partition coefficient (Wildman–Crippen LogP) is 3.73. The van der Waals surface area contributed by atoms with E-state index in [9.17, 15) is 4.79 Å². The van der Waals surface area contributed by atoms with Gasteiger partial charge in [0.25, 0.3) is 0 Å². The quantitative estimate of drug-likeness (QED) is 0.400. The highest BCUT2D eigenvalue weighted by Crippen LogP contribution is 2.28.